The van der Waals surface area contributed by atoms with Crippen molar-refractivity contribution in [2.24, 2.45) is 0 Å². The lowest BCUT2D eigenvalue weighted by atomic mass is 9.98. The Morgan fingerprint density at radius 2 is 1.97 bits per heavy atom. The van der Waals surface area contributed by atoms with Gasteiger partial charge in [-0.3, -0.25) is 4.79 Å². The van der Waals surface area contributed by atoms with Gasteiger partial charge in [-0.15, -0.1) is 0 Å². The number of rotatable bonds is 7. The fourth-order valence-corrected chi connectivity index (χ4v) is 3.80. The van der Waals surface area contributed by atoms with Gasteiger partial charge in [-0.1, -0.05) is 29.8 Å². The molecule has 0 aliphatic carbocycles. The minimum Gasteiger partial charge on any atom is -0.496 e. The van der Waals surface area contributed by atoms with Crippen molar-refractivity contribution in [2.45, 2.75) is 13.8 Å². The highest BCUT2D eigenvalue weighted by Gasteiger charge is 2.17. The summed E-state index contributed by atoms with van der Waals surface area (Å²) in [5.74, 6) is 1.06. The Labute approximate surface area is 196 Å². The number of allylic oxidation sites excluding steroid dienone is 1. The number of furan rings is 1. The zero-order valence-electron chi connectivity index (χ0n) is 18.5. The Balaban J connectivity index is 1.76. The van der Waals surface area contributed by atoms with Crippen LogP contribution >= 0.6 is 11.6 Å². The molecule has 6 nitrogen and oxygen atoms in total. The van der Waals surface area contributed by atoms with Gasteiger partial charge in [-0.25, -0.2) is 4.98 Å². The second-order valence-corrected chi connectivity index (χ2v) is 7.64. The molecule has 0 spiro atoms. The van der Waals surface area contributed by atoms with Gasteiger partial charge in [0.2, 0.25) is 5.91 Å². The lowest BCUT2D eigenvalue weighted by molar-refractivity contribution is -0.111. The van der Waals surface area contributed by atoms with E-state index in [-0.39, 0.29) is 11.1 Å². The summed E-state index contributed by atoms with van der Waals surface area (Å²) in [6, 6.07) is 15.0. The van der Waals surface area contributed by atoms with Crippen LogP contribution in [-0.2, 0) is 4.79 Å². The van der Waals surface area contributed by atoms with Gasteiger partial charge < -0.3 is 19.2 Å². The number of pyridine rings is 1. The number of hydrogen-bond donors (Lipinski definition) is 1. The molecule has 0 fully saturated rings. The quantitative estimate of drug-likeness (QED) is 0.247. The van der Waals surface area contributed by atoms with Crippen LogP contribution in [-0.4, -0.2) is 24.6 Å². The fraction of sp³-hybridized carbons (Fsp3) is 0.154. The summed E-state index contributed by atoms with van der Waals surface area (Å²) in [5, 5.41) is 3.88. The standard InChI is InChI=1S/C26H23ClN2O4/c1-4-32-23-14-24-19(20(15-33-24)17-8-5-6-10-22(17)31-3)13-18(23)16(2)12-25(30)29-21-9-7-11-28-26(21)27/h5-15H,4H2,1-3H3,(H,29,30)/b16-12+. The van der Waals surface area contributed by atoms with E-state index in [4.69, 9.17) is 25.5 Å². The van der Waals surface area contributed by atoms with Crippen LogP contribution in [0.25, 0.3) is 27.7 Å². The maximum atomic E-state index is 12.7. The van der Waals surface area contributed by atoms with Gasteiger partial charge >= 0.3 is 0 Å². The number of benzene rings is 2. The first-order valence-corrected chi connectivity index (χ1v) is 10.8. The average Bonchev–Trinajstić information content (AvgIpc) is 3.22. The molecule has 168 valence electrons. The number of halogens is 1. The van der Waals surface area contributed by atoms with Gasteiger partial charge in [0.1, 0.15) is 17.1 Å². The summed E-state index contributed by atoms with van der Waals surface area (Å²) in [7, 11) is 1.64. The molecule has 2 aromatic heterocycles. The van der Waals surface area contributed by atoms with Crippen molar-refractivity contribution in [3.8, 4) is 22.6 Å². The highest BCUT2D eigenvalue weighted by atomic mass is 35.5. The van der Waals surface area contributed by atoms with E-state index in [1.165, 1.54) is 6.08 Å². The van der Waals surface area contributed by atoms with Crippen LogP contribution in [0, 0.1) is 0 Å². The van der Waals surface area contributed by atoms with E-state index < -0.39 is 0 Å². The van der Waals surface area contributed by atoms with E-state index in [1.54, 1.807) is 31.7 Å². The van der Waals surface area contributed by atoms with Crippen molar-refractivity contribution in [1.82, 2.24) is 4.98 Å². The Morgan fingerprint density at radius 1 is 1.15 bits per heavy atom. The number of carbonyl (C=O) groups is 1. The molecule has 0 unspecified atom stereocenters. The highest BCUT2D eigenvalue weighted by Crippen LogP contribution is 2.40. The molecule has 33 heavy (non-hydrogen) atoms. The minimum atomic E-state index is -0.318. The Hall–Kier alpha value is -3.77. The summed E-state index contributed by atoms with van der Waals surface area (Å²) >= 11 is 6.05. The molecule has 0 aliphatic heterocycles. The van der Waals surface area contributed by atoms with Crippen molar-refractivity contribution in [3.63, 3.8) is 0 Å². The second-order valence-electron chi connectivity index (χ2n) is 7.29. The van der Waals surface area contributed by atoms with Crippen molar-refractivity contribution in [3.05, 3.63) is 77.8 Å². The first kappa shape index (κ1) is 22.4. The van der Waals surface area contributed by atoms with Gasteiger partial charge in [0, 0.05) is 40.4 Å². The summed E-state index contributed by atoms with van der Waals surface area (Å²) in [4.78, 5) is 16.6. The number of para-hydroxylation sites is 1. The number of anilines is 1. The number of methoxy groups -OCH3 is 1. The minimum absolute atomic E-state index is 0.230. The summed E-state index contributed by atoms with van der Waals surface area (Å²) < 4.78 is 17.2. The van der Waals surface area contributed by atoms with E-state index in [9.17, 15) is 4.79 Å². The molecule has 2 aromatic carbocycles. The van der Waals surface area contributed by atoms with E-state index in [1.807, 2.05) is 50.2 Å². The Morgan fingerprint density at radius 3 is 2.73 bits per heavy atom. The molecule has 0 aliphatic rings. The van der Waals surface area contributed by atoms with E-state index in [0.717, 1.165) is 33.4 Å². The normalized spacial score (nSPS) is 11.5. The van der Waals surface area contributed by atoms with Crippen molar-refractivity contribution >= 4 is 39.7 Å². The van der Waals surface area contributed by atoms with Gasteiger partial charge in [0.15, 0.2) is 5.15 Å². The predicted molar refractivity (Wildman–Crippen MR) is 131 cm³/mol. The molecule has 4 aromatic rings. The van der Waals surface area contributed by atoms with Crippen molar-refractivity contribution in [1.29, 1.82) is 0 Å². The van der Waals surface area contributed by atoms with Crippen molar-refractivity contribution in [2.75, 3.05) is 19.0 Å². The Bertz CT molecular complexity index is 1340. The third-order valence-corrected chi connectivity index (χ3v) is 5.46. The molecule has 1 amide bonds. The molecule has 0 bridgehead atoms. The topological polar surface area (TPSA) is 73.6 Å². The molecular weight excluding hydrogens is 440 g/mol. The zero-order valence-corrected chi connectivity index (χ0v) is 19.3. The molecule has 7 heteroatoms. The Kier molecular flexibility index (Phi) is 6.66. The molecule has 0 saturated heterocycles. The SMILES string of the molecule is CCOc1cc2occ(-c3ccccc3OC)c2cc1/C(C)=C/C(=O)Nc1cccnc1Cl. The maximum Gasteiger partial charge on any atom is 0.248 e. The molecule has 1 N–H and O–H groups in total. The van der Waals surface area contributed by atoms with Gasteiger partial charge in [0.25, 0.3) is 0 Å². The number of amides is 1. The monoisotopic (exact) mass is 462 g/mol. The summed E-state index contributed by atoms with van der Waals surface area (Å²) in [6.07, 6.45) is 4.78. The smallest absolute Gasteiger partial charge is 0.248 e. The molecule has 0 radical (unpaired) electrons. The zero-order chi connectivity index (χ0) is 23.4. The lowest BCUT2D eigenvalue weighted by Crippen LogP contribution is -2.09. The number of fused-ring (bicyclic) bond motifs is 1. The maximum absolute atomic E-state index is 12.7. The second kappa shape index (κ2) is 9.79. The average molecular weight is 463 g/mol. The van der Waals surface area contributed by atoms with E-state index in [0.29, 0.717) is 23.6 Å². The van der Waals surface area contributed by atoms with Gasteiger partial charge in [-0.2, -0.15) is 0 Å². The predicted octanol–water partition coefficient (Wildman–Crippen LogP) is 6.60. The van der Waals surface area contributed by atoms with Crippen LogP contribution < -0.4 is 14.8 Å². The van der Waals surface area contributed by atoms with E-state index >= 15 is 0 Å². The third kappa shape index (κ3) is 4.71. The third-order valence-electron chi connectivity index (χ3n) is 5.16. The number of nitrogens with one attached hydrogen (secondary N) is 1. The number of carbonyl (C=O) groups excluding carboxylic acids is 1. The van der Waals surface area contributed by atoms with Crippen LogP contribution in [0.1, 0.15) is 19.4 Å². The molecule has 0 saturated carbocycles. The van der Waals surface area contributed by atoms with Crippen LogP contribution in [0.5, 0.6) is 11.5 Å². The number of hydrogen-bond acceptors (Lipinski definition) is 5. The van der Waals surface area contributed by atoms with Crippen LogP contribution in [0.3, 0.4) is 0 Å². The molecule has 4 rings (SSSR count). The number of ether oxygens (including phenoxy) is 2. The number of aromatic nitrogens is 1. The first-order chi connectivity index (χ1) is 16.0. The molecule has 2 heterocycles. The number of nitrogens with zero attached hydrogens (tertiary/aromatic N) is 1. The lowest BCUT2D eigenvalue weighted by Gasteiger charge is -2.12. The van der Waals surface area contributed by atoms with Crippen LogP contribution in [0.4, 0.5) is 5.69 Å². The molecule has 0 atom stereocenters. The van der Waals surface area contributed by atoms with Gasteiger partial charge in [0.05, 0.1) is 25.7 Å². The fourth-order valence-electron chi connectivity index (χ4n) is 3.64. The van der Waals surface area contributed by atoms with Gasteiger partial charge in [-0.05, 0) is 43.7 Å². The first-order valence-electron chi connectivity index (χ1n) is 10.4. The summed E-state index contributed by atoms with van der Waals surface area (Å²) in [6.45, 7) is 4.24. The van der Waals surface area contributed by atoms with Crippen molar-refractivity contribution < 1.29 is 18.7 Å². The highest BCUT2D eigenvalue weighted by molar-refractivity contribution is 6.32. The molecular formula is C26H23ClN2O4. The van der Waals surface area contributed by atoms with Crippen LogP contribution in [0.2, 0.25) is 5.15 Å². The largest absolute Gasteiger partial charge is 0.496 e. The summed E-state index contributed by atoms with van der Waals surface area (Å²) in [5.41, 5.74) is 4.45. The van der Waals surface area contributed by atoms with Crippen LogP contribution in [0.15, 0.2) is 71.5 Å². The van der Waals surface area contributed by atoms with E-state index in [2.05, 4.69) is 10.3 Å².